The molecule has 0 atom stereocenters. The number of nitrogens with zero attached hydrogens (tertiary/aromatic N) is 4. The SMILES string of the molecule is CC.Cc1cc(C)c2ncnc(N3CCOc4ccc(-c5ccc6nc(C)[nH]c6c5)cc4C3)c2c1. The highest BCUT2D eigenvalue weighted by atomic mass is 16.5. The van der Waals surface area contributed by atoms with Crippen LogP contribution in [-0.2, 0) is 6.54 Å². The van der Waals surface area contributed by atoms with Crippen LogP contribution in [0.25, 0.3) is 33.1 Å². The van der Waals surface area contributed by atoms with Gasteiger partial charge in [-0.05, 0) is 73.4 Å². The Kier molecular flexibility index (Phi) is 6.12. The maximum absolute atomic E-state index is 6.12. The van der Waals surface area contributed by atoms with Crippen molar-refractivity contribution in [3.63, 3.8) is 0 Å². The highest BCUT2D eigenvalue weighted by Crippen LogP contribution is 2.33. The molecule has 3 heterocycles. The molecule has 0 aliphatic carbocycles. The monoisotopic (exact) mass is 465 g/mol. The summed E-state index contributed by atoms with van der Waals surface area (Å²) in [5.74, 6) is 2.82. The fourth-order valence-corrected chi connectivity index (χ4v) is 4.84. The van der Waals surface area contributed by atoms with E-state index in [0.717, 1.165) is 69.1 Å². The minimum Gasteiger partial charge on any atom is -0.491 e. The number of benzene rings is 3. The normalized spacial score (nSPS) is 13.1. The third-order valence-corrected chi connectivity index (χ3v) is 6.33. The smallest absolute Gasteiger partial charge is 0.140 e. The van der Waals surface area contributed by atoms with Crippen LogP contribution in [-0.4, -0.2) is 33.1 Å². The van der Waals surface area contributed by atoms with Crippen molar-refractivity contribution in [2.24, 2.45) is 0 Å². The summed E-state index contributed by atoms with van der Waals surface area (Å²) in [6, 6.07) is 17.2. The molecule has 0 unspecified atom stereocenters. The molecule has 0 saturated carbocycles. The van der Waals surface area contributed by atoms with Gasteiger partial charge in [-0.15, -0.1) is 0 Å². The quantitative estimate of drug-likeness (QED) is 0.321. The van der Waals surface area contributed by atoms with E-state index in [1.807, 2.05) is 20.8 Å². The van der Waals surface area contributed by atoms with Crippen molar-refractivity contribution in [1.82, 2.24) is 19.9 Å². The summed E-state index contributed by atoms with van der Waals surface area (Å²) >= 11 is 0. The first-order valence-corrected chi connectivity index (χ1v) is 12.2. The van der Waals surface area contributed by atoms with E-state index in [0.29, 0.717) is 6.61 Å². The van der Waals surface area contributed by atoms with E-state index >= 15 is 0 Å². The zero-order chi connectivity index (χ0) is 24.5. The maximum atomic E-state index is 6.12. The van der Waals surface area contributed by atoms with Crippen LogP contribution in [0.4, 0.5) is 5.82 Å². The zero-order valence-corrected chi connectivity index (χ0v) is 21.0. The van der Waals surface area contributed by atoms with Crippen LogP contribution >= 0.6 is 0 Å². The average molecular weight is 466 g/mol. The number of aromatic nitrogens is 4. The summed E-state index contributed by atoms with van der Waals surface area (Å²) in [7, 11) is 0. The predicted octanol–water partition coefficient (Wildman–Crippen LogP) is 6.52. The number of rotatable bonds is 2. The van der Waals surface area contributed by atoms with E-state index in [1.165, 1.54) is 11.1 Å². The number of ether oxygens (including phenoxy) is 1. The van der Waals surface area contributed by atoms with Gasteiger partial charge in [0.25, 0.3) is 0 Å². The van der Waals surface area contributed by atoms with E-state index in [2.05, 4.69) is 82.2 Å². The topological polar surface area (TPSA) is 66.9 Å². The molecule has 5 aromatic rings. The first-order chi connectivity index (χ1) is 17.0. The minimum atomic E-state index is 0.613. The molecule has 0 saturated heterocycles. The third-order valence-electron chi connectivity index (χ3n) is 6.33. The first kappa shape index (κ1) is 22.8. The highest BCUT2D eigenvalue weighted by molar-refractivity contribution is 5.92. The molecular weight excluding hydrogens is 434 g/mol. The van der Waals surface area contributed by atoms with Crippen molar-refractivity contribution in [3.8, 4) is 16.9 Å². The molecule has 0 amide bonds. The Morgan fingerprint density at radius 2 is 1.71 bits per heavy atom. The lowest BCUT2D eigenvalue weighted by Gasteiger charge is -2.23. The van der Waals surface area contributed by atoms with Crippen LogP contribution in [0.1, 0.15) is 36.4 Å². The lowest BCUT2D eigenvalue weighted by molar-refractivity contribution is 0.331. The van der Waals surface area contributed by atoms with Gasteiger partial charge in [0.1, 0.15) is 30.3 Å². The molecule has 35 heavy (non-hydrogen) atoms. The van der Waals surface area contributed by atoms with Gasteiger partial charge in [-0.25, -0.2) is 15.0 Å². The number of aryl methyl sites for hydroxylation is 3. The summed E-state index contributed by atoms with van der Waals surface area (Å²) < 4.78 is 6.12. The number of fused-ring (bicyclic) bond motifs is 3. The number of nitrogens with one attached hydrogen (secondary N) is 1. The molecular formula is C29H31N5O. The lowest BCUT2D eigenvalue weighted by atomic mass is 10.0. The Morgan fingerprint density at radius 1 is 0.914 bits per heavy atom. The molecule has 3 aromatic carbocycles. The first-order valence-electron chi connectivity index (χ1n) is 12.2. The summed E-state index contributed by atoms with van der Waals surface area (Å²) in [5.41, 5.74) is 8.91. The second-order valence-corrected chi connectivity index (χ2v) is 8.82. The Bertz CT molecular complexity index is 1520. The largest absolute Gasteiger partial charge is 0.491 e. The molecule has 0 bridgehead atoms. The second-order valence-electron chi connectivity index (χ2n) is 8.82. The fraction of sp³-hybridized carbons (Fsp3) is 0.276. The number of anilines is 1. The van der Waals surface area contributed by atoms with Crippen LogP contribution in [0, 0.1) is 20.8 Å². The molecule has 1 N–H and O–H groups in total. The molecule has 6 nitrogen and oxygen atoms in total. The van der Waals surface area contributed by atoms with Gasteiger partial charge in [0.15, 0.2) is 0 Å². The Hall–Kier alpha value is -3.93. The second kappa shape index (κ2) is 9.37. The number of hydrogen-bond donors (Lipinski definition) is 1. The van der Waals surface area contributed by atoms with Crippen LogP contribution in [0.5, 0.6) is 5.75 Å². The molecule has 6 heteroatoms. The fourth-order valence-electron chi connectivity index (χ4n) is 4.84. The summed E-state index contributed by atoms with van der Waals surface area (Å²) in [6.45, 7) is 12.3. The number of imidazole rings is 1. The van der Waals surface area contributed by atoms with Gasteiger partial charge in [0, 0.05) is 17.5 Å². The number of H-pyrrole nitrogens is 1. The van der Waals surface area contributed by atoms with Gasteiger partial charge in [0.05, 0.1) is 23.1 Å². The van der Waals surface area contributed by atoms with Crippen molar-refractivity contribution in [2.75, 3.05) is 18.1 Å². The molecule has 0 fully saturated rings. The molecule has 1 aliphatic rings. The predicted molar refractivity (Wildman–Crippen MR) is 143 cm³/mol. The van der Waals surface area contributed by atoms with Crippen molar-refractivity contribution >= 4 is 27.8 Å². The van der Waals surface area contributed by atoms with E-state index in [-0.39, 0.29) is 0 Å². The lowest BCUT2D eigenvalue weighted by Crippen LogP contribution is -2.26. The highest BCUT2D eigenvalue weighted by Gasteiger charge is 2.20. The Balaban J connectivity index is 0.00000124. The van der Waals surface area contributed by atoms with Gasteiger partial charge >= 0.3 is 0 Å². The minimum absolute atomic E-state index is 0.613. The van der Waals surface area contributed by atoms with E-state index in [1.54, 1.807) is 6.33 Å². The van der Waals surface area contributed by atoms with Crippen LogP contribution < -0.4 is 9.64 Å². The number of aromatic amines is 1. The van der Waals surface area contributed by atoms with Crippen molar-refractivity contribution < 1.29 is 4.74 Å². The zero-order valence-electron chi connectivity index (χ0n) is 21.0. The summed E-state index contributed by atoms with van der Waals surface area (Å²) in [5, 5.41) is 1.09. The average Bonchev–Trinajstić information content (AvgIpc) is 3.10. The third kappa shape index (κ3) is 4.32. The molecule has 0 spiro atoms. The summed E-state index contributed by atoms with van der Waals surface area (Å²) in [4.78, 5) is 19.4. The maximum Gasteiger partial charge on any atom is 0.140 e. The van der Waals surface area contributed by atoms with Crippen LogP contribution in [0.2, 0.25) is 0 Å². The van der Waals surface area contributed by atoms with Crippen LogP contribution in [0.15, 0.2) is 54.9 Å². The van der Waals surface area contributed by atoms with Gasteiger partial charge in [-0.1, -0.05) is 32.0 Å². The Labute approximate surface area is 206 Å². The standard InChI is InChI=1S/C27H25N5O.C2H6/c1-16-10-17(2)26-22(11-16)27(29-15-28-26)32-8-9-33-25-7-5-19(12-21(25)14-32)20-4-6-23-24(13-20)31-18(3)30-23;1-2/h4-7,10-13,15H,8-9,14H2,1-3H3,(H,30,31);1-2H3. The number of hydrogen-bond acceptors (Lipinski definition) is 5. The van der Waals surface area contributed by atoms with Gasteiger partial charge in [-0.3, -0.25) is 0 Å². The van der Waals surface area contributed by atoms with E-state index < -0.39 is 0 Å². The molecule has 178 valence electrons. The van der Waals surface area contributed by atoms with E-state index in [9.17, 15) is 0 Å². The summed E-state index contributed by atoms with van der Waals surface area (Å²) in [6.07, 6.45) is 1.67. The van der Waals surface area contributed by atoms with Gasteiger partial charge in [-0.2, -0.15) is 0 Å². The molecule has 0 radical (unpaired) electrons. The van der Waals surface area contributed by atoms with Crippen LogP contribution in [0.3, 0.4) is 0 Å². The van der Waals surface area contributed by atoms with Crippen molar-refractivity contribution in [3.05, 3.63) is 77.4 Å². The van der Waals surface area contributed by atoms with E-state index in [4.69, 9.17) is 9.72 Å². The Morgan fingerprint density at radius 3 is 2.57 bits per heavy atom. The van der Waals surface area contributed by atoms with Crippen molar-refractivity contribution in [2.45, 2.75) is 41.2 Å². The molecule has 6 rings (SSSR count). The molecule has 1 aliphatic heterocycles. The van der Waals surface area contributed by atoms with Crippen molar-refractivity contribution in [1.29, 1.82) is 0 Å². The van der Waals surface area contributed by atoms with Gasteiger partial charge < -0.3 is 14.6 Å². The molecule has 2 aromatic heterocycles. The van der Waals surface area contributed by atoms with Gasteiger partial charge in [0.2, 0.25) is 0 Å².